The van der Waals surface area contributed by atoms with E-state index in [0.29, 0.717) is 24.9 Å². The molecular formula is C28H35N3O3. The number of aliphatic hydroxyl groups is 1. The zero-order valence-electron chi connectivity index (χ0n) is 20.6. The van der Waals surface area contributed by atoms with E-state index in [1.54, 1.807) is 0 Å². The Morgan fingerprint density at radius 2 is 1.85 bits per heavy atom. The van der Waals surface area contributed by atoms with Crippen molar-refractivity contribution in [3.63, 3.8) is 0 Å². The summed E-state index contributed by atoms with van der Waals surface area (Å²) >= 11 is 0. The third-order valence-corrected chi connectivity index (χ3v) is 5.31. The van der Waals surface area contributed by atoms with Gasteiger partial charge >= 0.3 is 0 Å². The van der Waals surface area contributed by atoms with E-state index in [2.05, 4.69) is 24.7 Å². The molecule has 6 heteroatoms. The fourth-order valence-corrected chi connectivity index (χ4v) is 3.91. The van der Waals surface area contributed by atoms with Crippen LogP contribution in [0.4, 0.5) is 0 Å². The van der Waals surface area contributed by atoms with E-state index in [1.165, 1.54) is 0 Å². The van der Waals surface area contributed by atoms with Crippen LogP contribution >= 0.6 is 0 Å². The maximum Gasteiger partial charge on any atom is 0.227 e. The van der Waals surface area contributed by atoms with E-state index >= 15 is 0 Å². The Labute approximate surface area is 203 Å². The van der Waals surface area contributed by atoms with Crippen LogP contribution in [0.1, 0.15) is 30.7 Å². The van der Waals surface area contributed by atoms with Crippen molar-refractivity contribution in [2.45, 2.75) is 40.3 Å². The minimum Gasteiger partial charge on any atom is -0.439 e. The number of aromatic nitrogens is 2. The maximum absolute atomic E-state index is 10.5. The van der Waals surface area contributed by atoms with Crippen LogP contribution in [-0.2, 0) is 11.3 Å². The number of nitrogens with zero attached hydrogens (tertiary/aromatic N) is 3. The third-order valence-electron chi connectivity index (χ3n) is 5.31. The molecule has 0 spiro atoms. The standard InChI is InChI=1S/C28H35N3O3/c1-6-15-33-20-25(32)18-30(17-21(2)3)19-27-23(5)29-31(24-12-8-7-9-13-24)28(27)34-26-14-10-11-22(4)16-26/h1,7-14,16,21,25,32H,15,17-20H2,2-5H3/t25-/m0/s1. The van der Waals surface area contributed by atoms with Crippen molar-refractivity contribution in [3.8, 4) is 29.7 Å². The van der Waals surface area contributed by atoms with Crippen LogP contribution < -0.4 is 4.74 Å². The minimum absolute atomic E-state index is 0.193. The van der Waals surface area contributed by atoms with Gasteiger partial charge in [0.25, 0.3) is 0 Å². The zero-order valence-corrected chi connectivity index (χ0v) is 20.6. The molecule has 0 amide bonds. The predicted octanol–water partition coefficient (Wildman–Crippen LogP) is 4.75. The number of aliphatic hydroxyl groups excluding tert-OH is 1. The van der Waals surface area contributed by atoms with Crippen molar-refractivity contribution in [1.29, 1.82) is 0 Å². The molecule has 1 aromatic heterocycles. The van der Waals surface area contributed by atoms with E-state index in [-0.39, 0.29) is 13.2 Å². The summed E-state index contributed by atoms with van der Waals surface area (Å²) in [5, 5.41) is 15.4. The lowest BCUT2D eigenvalue weighted by Gasteiger charge is -2.27. The monoisotopic (exact) mass is 461 g/mol. The molecule has 0 radical (unpaired) electrons. The molecule has 0 aliphatic rings. The van der Waals surface area contributed by atoms with Gasteiger partial charge in [0.2, 0.25) is 5.88 Å². The van der Waals surface area contributed by atoms with E-state index in [9.17, 15) is 5.11 Å². The van der Waals surface area contributed by atoms with Gasteiger partial charge < -0.3 is 14.6 Å². The van der Waals surface area contributed by atoms with Crippen LogP contribution in [0, 0.1) is 32.1 Å². The van der Waals surface area contributed by atoms with Gasteiger partial charge in [0, 0.05) is 19.6 Å². The van der Waals surface area contributed by atoms with Gasteiger partial charge in [0.1, 0.15) is 12.4 Å². The van der Waals surface area contributed by atoms with E-state index in [0.717, 1.165) is 34.8 Å². The smallest absolute Gasteiger partial charge is 0.227 e. The highest BCUT2D eigenvalue weighted by Crippen LogP contribution is 2.32. The molecule has 1 atom stereocenters. The van der Waals surface area contributed by atoms with Crippen molar-refractivity contribution < 1.29 is 14.6 Å². The molecule has 1 N–H and O–H groups in total. The number of hydrogen-bond donors (Lipinski definition) is 1. The molecule has 3 rings (SSSR count). The van der Waals surface area contributed by atoms with Crippen molar-refractivity contribution in [3.05, 3.63) is 71.4 Å². The molecule has 34 heavy (non-hydrogen) atoms. The quantitative estimate of drug-likeness (QED) is 0.312. The van der Waals surface area contributed by atoms with Crippen molar-refractivity contribution in [1.82, 2.24) is 14.7 Å². The molecule has 0 saturated carbocycles. The Kier molecular flexibility index (Phi) is 9.29. The van der Waals surface area contributed by atoms with Crippen molar-refractivity contribution >= 4 is 0 Å². The van der Waals surface area contributed by atoms with Gasteiger partial charge in [-0.2, -0.15) is 5.10 Å². The first-order chi connectivity index (χ1) is 16.4. The van der Waals surface area contributed by atoms with Gasteiger partial charge in [-0.25, -0.2) is 4.68 Å². The summed E-state index contributed by atoms with van der Waals surface area (Å²) in [6.07, 6.45) is 4.61. The lowest BCUT2D eigenvalue weighted by molar-refractivity contribution is 0.0236. The average Bonchev–Trinajstić information content (AvgIpc) is 3.09. The van der Waals surface area contributed by atoms with Crippen LogP contribution in [0.15, 0.2) is 54.6 Å². The largest absolute Gasteiger partial charge is 0.439 e. The van der Waals surface area contributed by atoms with E-state index in [4.69, 9.17) is 21.0 Å². The molecule has 0 fully saturated rings. The SMILES string of the molecule is C#CCOC[C@@H](O)CN(Cc1c(C)nn(-c2ccccc2)c1Oc1cccc(C)c1)CC(C)C. The number of ether oxygens (including phenoxy) is 2. The number of hydrogen-bond acceptors (Lipinski definition) is 5. The van der Waals surface area contributed by atoms with Gasteiger partial charge in [-0.15, -0.1) is 6.42 Å². The average molecular weight is 462 g/mol. The molecule has 1 heterocycles. The summed E-state index contributed by atoms with van der Waals surface area (Å²) in [5.41, 5.74) is 3.93. The Balaban J connectivity index is 1.94. The number of aryl methyl sites for hydroxylation is 2. The number of benzene rings is 2. The first-order valence-electron chi connectivity index (χ1n) is 11.7. The van der Waals surface area contributed by atoms with Gasteiger partial charge in [-0.1, -0.05) is 50.1 Å². The first kappa shape index (κ1) is 25.5. The molecule has 0 saturated heterocycles. The summed E-state index contributed by atoms with van der Waals surface area (Å²) < 4.78 is 13.7. The van der Waals surface area contributed by atoms with Gasteiger partial charge in [-0.05, 0) is 49.6 Å². The van der Waals surface area contributed by atoms with Crippen LogP contribution in [0.2, 0.25) is 0 Å². The van der Waals surface area contributed by atoms with Crippen molar-refractivity contribution in [2.75, 3.05) is 26.3 Å². The highest BCUT2D eigenvalue weighted by molar-refractivity contribution is 5.43. The minimum atomic E-state index is -0.641. The highest BCUT2D eigenvalue weighted by Gasteiger charge is 2.23. The Bertz CT molecular complexity index is 1090. The van der Waals surface area contributed by atoms with Crippen LogP contribution in [-0.4, -0.2) is 52.2 Å². The zero-order chi connectivity index (χ0) is 24.5. The Morgan fingerprint density at radius 1 is 1.09 bits per heavy atom. The van der Waals surface area contributed by atoms with E-state index in [1.807, 2.05) is 73.1 Å². The number of para-hydroxylation sites is 1. The van der Waals surface area contributed by atoms with Crippen LogP contribution in [0.3, 0.4) is 0 Å². The van der Waals surface area contributed by atoms with Crippen LogP contribution in [0.25, 0.3) is 5.69 Å². The fourth-order valence-electron chi connectivity index (χ4n) is 3.91. The summed E-state index contributed by atoms with van der Waals surface area (Å²) in [4.78, 5) is 2.22. The molecule has 180 valence electrons. The second kappa shape index (κ2) is 12.4. The Hall–Kier alpha value is -3.11. The Morgan fingerprint density at radius 3 is 2.53 bits per heavy atom. The molecular weight excluding hydrogens is 426 g/mol. The lowest BCUT2D eigenvalue weighted by Crippen LogP contribution is -2.37. The van der Waals surface area contributed by atoms with Gasteiger partial charge in [0.15, 0.2) is 0 Å². The fraction of sp³-hybridized carbons (Fsp3) is 0.393. The summed E-state index contributed by atoms with van der Waals surface area (Å²) in [6, 6.07) is 18.0. The topological polar surface area (TPSA) is 59.8 Å². The number of terminal acetylenes is 1. The first-order valence-corrected chi connectivity index (χ1v) is 11.7. The molecule has 2 aromatic carbocycles. The highest BCUT2D eigenvalue weighted by atomic mass is 16.5. The van der Waals surface area contributed by atoms with Crippen LogP contribution in [0.5, 0.6) is 11.6 Å². The third kappa shape index (κ3) is 7.19. The number of rotatable bonds is 12. The maximum atomic E-state index is 10.5. The second-order valence-corrected chi connectivity index (χ2v) is 9.00. The normalized spacial score (nSPS) is 12.2. The summed E-state index contributed by atoms with van der Waals surface area (Å²) in [6.45, 7) is 10.6. The predicted molar refractivity (Wildman–Crippen MR) is 135 cm³/mol. The second-order valence-electron chi connectivity index (χ2n) is 9.00. The van der Waals surface area contributed by atoms with E-state index < -0.39 is 6.10 Å². The molecule has 3 aromatic rings. The molecule has 0 unspecified atom stereocenters. The van der Waals surface area contributed by atoms with Gasteiger partial charge in [-0.3, -0.25) is 4.90 Å². The molecule has 0 aliphatic heterocycles. The summed E-state index contributed by atoms with van der Waals surface area (Å²) in [7, 11) is 0. The molecule has 0 bridgehead atoms. The molecule has 6 nitrogen and oxygen atoms in total. The molecule has 0 aliphatic carbocycles. The lowest BCUT2D eigenvalue weighted by atomic mass is 10.1. The summed E-state index contributed by atoms with van der Waals surface area (Å²) in [5.74, 6) is 4.30. The van der Waals surface area contributed by atoms with Crippen molar-refractivity contribution in [2.24, 2.45) is 5.92 Å². The van der Waals surface area contributed by atoms with Gasteiger partial charge in [0.05, 0.1) is 29.7 Å².